The van der Waals surface area contributed by atoms with Crippen LogP contribution < -0.4 is 0 Å². The summed E-state index contributed by atoms with van der Waals surface area (Å²) in [4.78, 5) is 24.4. The average Bonchev–Trinajstić information content (AvgIpc) is 2.61. The number of esters is 1. The van der Waals surface area contributed by atoms with Crippen molar-refractivity contribution in [1.29, 1.82) is 0 Å². The highest BCUT2D eigenvalue weighted by molar-refractivity contribution is 5.81. The molecule has 0 saturated heterocycles. The van der Waals surface area contributed by atoms with Crippen molar-refractivity contribution in [3.8, 4) is 0 Å². The van der Waals surface area contributed by atoms with Crippen LogP contribution in [0.1, 0.15) is 85.5 Å². The predicted octanol–water partition coefficient (Wildman–Crippen LogP) is 5.30. The molecule has 2 aliphatic carbocycles. The summed E-state index contributed by atoms with van der Waals surface area (Å²) in [5.41, 5.74) is 0. The topological polar surface area (TPSA) is 63.6 Å². The number of rotatable bonds is 7. The van der Waals surface area contributed by atoms with Crippen molar-refractivity contribution in [2.75, 3.05) is 0 Å². The fraction of sp³-hybridized carbons (Fsp3) is 0.909. The molecule has 0 aromatic rings. The van der Waals surface area contributed by atoms with E-state index >= 15 is 0 Å². The van der Waals surface area contributed by atoms with Crippen molar-refractivity contribution in [3.63, 3.8) is 0 Å². The third-order valence-corrected chi connectivity index (χ3v) is 6.98. The lowest BCUT2D eigenvalue weighted by atomic mass is 9.76. The van der Waals surface area contributed by atoms with Gasteiger partial charge in [-0.2, -0.15) is 0 Å². The number of aliphatic carboxylic acids is 1. The van der Waals surface area contributed by atoms with Gasteiger partial charge in [-0.15, -0.1) is 0 Å². The lowest BCUT2D eigenvalue weighted by Crippen LogP contribution is -2.38. The second-order valence-electron chi connectivity index (χ2n) is 9.29. The maximum Gasteiger partial charge on any atom is 0.310 e. The van der Waals surface area contributed by atoms with Crippen LogP contribution in [0.3, 0.4) is 0 Å². The second kappa shape index (κ2) is 9.75. The first kappa shape index (κ1) is 21.2. The van der Waals surface area contributed by atoms with Crippen LogP contribution in [0.5, 0.6) is 0 Å². The molecule has 0 aromatic heterocycles. The van der Waals surface area contributed by atoms with Gasteiger partial charge >= 0.3 is 11.9 Å². The minimum absolute atomic E-state index is 0.0521. The molecule has 4 unspecified atom stereocenters. The van der Waals surface area contributed by atoms with Gasteiger partial charge in [0.2, 0.25) is 0 Å². The van der Waals surface area contributed by atoms with E-state index in [2.05, 4.69) is 27.7 Å². The summed E-state index contributed by atoms with van der Waals surface area (Å²) in [6, 6.07) is 0. The summed E-state index contributed by atoms with van der Waals surface area (Å²) in [5.74, 6) is 0.130. The lowest BCUT2D eigenvalue weighted by Gasteiger charge is -2.36. The van der Waals surface area contributed by atoms with Crippen LogP contribution in [0.2, 0.25) is 0 Å². The van der Waals surface area contributed by atoms with Gasteiger partial charge in [0.1, 0.15) is 6.10 Å². The normalized spacial score (nSPS) is 32.0. The smallest absolute Gasteiger partial charge is 0.310 e. The van der Waals surface area contributed by atoms with Crippen molar-refractivity contribution in [2.45, 2.75) is 91.6 Å². The molecule has 0 bridgehead atoms. The van der Waals surface area contributed by atoms with Crippen molar-refractivity contribution in [1.82, 2.24) is 0 Å². The largest absolute Gasteiger partial charge is 0.481 e. The van der Waals surface area contributed by atoms with Gasteiger partial charge in [0.05, 0.1) is 11.8 Å². The minimum atomic E-state index is -0.842. The van der Waals surface area contributed by atoms with Gasteiger partial charge < -0.3 is 9.84 Å². The summed E-state index contributed by atoms with van der Waals surface area (Å²) >= 11 is 0. The fourth-order valence-electron chi connectivity index (χ4n) is 4.58. The van der Waals surface area contributed by atoms with Crippen LogP contribution in [0.25, 0.3) is 0 Å². The third-order valence-electron chi connectivity index (χ3n) is 6.98. The van der Waals surface area contributed by atoms with Crippen molar-refractivity contribution in [3.05, 3.63) is 0 Å². The number of carbonyl (C=O) groups excluding carboxylic acids is 1. The summed E-state index contributed by atoms with van der Waals surface area (Å²) in [7, 11) is 0. The number of hydrogen-bond donors (Lipinski definition) is 1. The Morgan fingerprint density at radius 3 is 2.08 bits per heavy atom. The highest BCUT2D eigenvalue weighted by Gasteiger charge is 2.39. The predicted molar refractivity (Wildman–Crippen MR) is 103 cm³/mol. The molecule has 0 aliphatic heterocycles. The Morgan fingerprint density at radius 2 is 1.54 bits per heavy atom. The molecule has 150 valence electrons. The minimum Gasteiger partial charge on any atom is -0.481 e. The van der Waals surface area contributed by atoms with E-state index in [1.54, 1.807) is 0 Å². The zero-order valence-corrected chi connectivity index (χ0v) is 17.1. The summed E-state index contributed by atoms with van der Waals surface area (Å²) in [6.07, 6.45) is 8.58. The first-order chi connectivity index (χ1) is 12.3. The van der Waals surface area contributed by atoms with Crippen LogP contribution >= 0.6 is 0 Å². The molecule has 0 amide bonds. The van der Waals surface area contributed by atoms with Gasteiger partial charge in [-0.1, -0.05) is 53.4 Å². The van der Waals surface area contributed by atoms with E-state index in [1.165, 1.54) is 12.8 Å². The number of hydrogen-bond acceptors (Lipinski definition) is 3. The van der Waals surface area contributed by atoms with E-state index in [1.807, 2.05) is 0 Å². The molecule has 2 fully saturated rings. The molecule has 0 aromatic carbocycles. The first-order valence-electron chi connectivity index (χ1n) is 10.7. The third kappa shape index (κ3) is 5.72. The highest BCUT2D eigenvalue weighted by Crippen LogP contribution is 2.37. The van der Waals surface area contributed by atoms with Gasteiger partial charge in [-0.25, -0.2) is 0 Å². The van der Waals surface area contributed by atoms with Crippen molar-refractivity contribution < 1.29 is 19.4 Å². The molecule has 0 radical (unpaired) electrons. The summed E-state index contributed by atoms with van der Waals surface area (Å²) < 4.78 is 6.06. The van der Waals surface area contributed by atoms with Crippen LogP contribution in [-0.2, 0) is 14.3 Å². The van der Waals surface area contributed by atoms with E-state index in [4.69, 9.17) is 4.74 Å². The molecule has 4 atom stereocenters. The van der Waals surface area contributed by atoms with Gasteiger partial charge in [0, 0.05) is 0 Å². The monoisotopic (exact) mass is 366 g/mol. The molecule has 2 aliphatic rings. The number of ether oxygens (including phenoxy) is 1. The first-order valence-corrected chi connectivity index (χ1v) is 10.7. The highest BCUT2D eigenvalue weighted by atomic mass is 16.5. The molecule has 1 N–H and O–H groups in total. The summed E-state index contributed by atoms with van der Waals surface area (Å²) in [6.45, 7) is 8.97. The number of carbonyl (C=O) groups is 2. The Balaban J connectivity index is 2.06. The molecule has 2 saturated carbocycles. The van der Waals surface area contributed by atoms with Crippen molar-refractivity contribution in [2.24, 2.45) is 35.5 Å². The Kier molecular flexibility index (Phi) is 7.97. The molecule has 0 spiro atoms. The number of carboxylic acids is 1. The molecule has 4 nitrogen and oxygen atoms in total. The van der Waals surface area contributed by atoms with E-state index in [0.29, 0.717) is 30.6 Å². The van der Waals surface area contributed by atoms with Crippen LogP contribution in [0.4, 0.5) is 0 Å². The quantitative estimate of drug-likeness (QED) is 0.621. The number of carboxylic acid groups (broad SMARTS) is 1. The van der Waals surface area contributed by atoms with E-state index in [-0.39, 0.29) is 12.1 Å². The lowest BCUT2D eigenvalue weighted by molar-refractivity contribution is -0.167. The molecular formula is C22H38O4. The van der Waals surface area contributed by atoms with Gasteiger partial charge in [0.15, 0.2) is 0 Å². The zero-order valence-electron chi connectivity index (χ0n) is 17.1. The van der Waals surface area contributed by atoms with Gasteiger partial charge in [-0.05, 0) is 55.8 Å². The van der Waals surface area contributed by atoms with Crippen LogP contribution in [0, 0.1) is 35.5 Å². The molecule has 26 heavy (non-hydrogen) atoms. The maximum absolute atomic E-state index is 12.9. The molecule has 2 rings (SSSR count). The Labute approximate surface area is 159 Å². The Hall–Kier alpha value is -1.06. The van der Waals surface area contributed by atoms with Gasteiger partial charge in [-0.3, -0.25) is 9.59 Å². The molecular weight excluding hydrogens is 328 g/mol. The standard InChI is InChI=1S/C22H38O4/c1-14(2)16(4)13-20(17-11-9-15(3)10-12-17)26-22(25)19-8-6-5-7-18(19)21(23)24/h14-20H,5-13H2,1-4H3,(H,23,24). The van der Waals surface area contributed by atoms with Crippen LogP contribution in [-0.4, -0.2) is 23.1 Å². The summed E-state index contributed by atoms with van der Waals surface area (Å²) in [5, 5.41) is 9.48. The van der Waals surface area contributed by atoms with E-state index < -0.39 is 17.8 Å². The Morgan fingerprint density at radius 1 is 0.962 bits per heavy atom. The fourth-order valence-corrected chi connectivity index (χ4v) is 4.58. The van der Waals surface area contributed by atoms with Crippen LogP contribution in [0.15, 0.2) is 0 Å². The van der Waals surface area contributed by atoms with Crippen molar-refractivity contribution >= 4 is 11.9 Å². The van der Waals surface area contributed by atoms with E-state index in [0.717, 1.165) is 38.0 Å². The van der Waals surface area contributed by atoms with Gasteiger partial charge in [0.25, 0.3) is 0 Å². The molecule has 0 heterocycles. The zero-order chi connectivity index (χ0) is 19.3. The Bertz CT molecular complexity index is 465. The molecule has 4 heteroatoms. The second-order valence-corrected chi connectivity index (χ2v) is 9.29. The average molecular weight is 367 g/mol. The van der Waals surface area contributed by atoms with E-state index in [9.17, 15) is 14.7 Å². The SMILES string of the molecule is CC1CCC(C(CC(C)C(C)C)OC(=O)C2CCCCC2C(=O)O)CC1. The maximum atomic E-state index is 12.9.